The number of anilines is 1. The van der Waals surface area contributed by atoms with Crippen LogP contribution in [0.1, 0.15) is 26.3 Å². The van der Waals surface area contributed by atoms with Crippen molar-refractivity contribution >= 4 is 11.5 Å². The van der Waals surface area contributed by atoms with Gasteiger partial charge in [0.1, 0.15) is 11.5 Å². The number of likely N-dealkylation sites (N-methyl/N-ethyl adjacent to an activating group) is 1. The standard InChI is InChI=1S/C11H16N2O2.C2H6/c1-7(14)10(13-2)6-8-3-4-11(15)9(12)5-8;1-2/h3-5,10,13,15H,6,12H2,1-2H3;1-2H3. The molecule has 0 amide bonds. The van der Waals surface area contributed by atoms with Gasteiger partial charge >= 0.3 is 0 Å². The van der Waals surface area contributed by atoms with E-state index in [-0.39, 0.29) is 17.6 Å². The fourth-order valence-corrected chi connectivity index (χ4v) is 1.42. The molecule has 17 heavy (non-hydrogen) atoms. The number of benzene rings is 1. The lowest BCUT2D eigenvalue weighted by Crippen LogP contribution is -2.34. The maximum absolute atomic E-state index is 11.2. The molecule has 1 aromatic carbocycles. The highest BCUT2D eigenvalue weighted by atomic mass is 16.3. The van der Waals surface area contributed by atoms with Gasteiger partial charge in [-0.2, -0.15) is 0 Å². The van der Waals surface area contributed by atoms with Gasteiger partial charge in [0.25, 0.3) is 0 Å². The fraction of sp³-hybridized carbons (Fsp3) is 0.462. The van der Waals surface area contributed by atoms with Gasteiger partial charge in [-0.3, -0.25) is 4.79 Å². The molecule has 0 bridgehead atoms. The number of hydrogen-bond acceptors (Lipinski definition) is 4. The summed E-state index contributed by atoms with van der Waals surface area (Å²) in [6, 6.07) is 4.79. The molecular weight excluding hydrogens is 216 g/mol. The topological polar surface area (TPSA) is 75.3 Å². The van der Waals surface area contributed by atoms with Crippen molar-refractivity contribution in [2.75, 3.05) is 12.8 Å². The molecule has 4 heteroatoms. The monoisotopic (exact) mass is 238 g/mol. The van der Waals surface area contributed by atoms with Crippen LogP contribution >= 0.6 is 0 Å². The minimum Gasteiger partial charge on any atom is -0.506 e. The van der Waals surface area contributed by atoms with E-state index in [0.717, 1.165) is 5.56 Å². The number of hydrogen-bond donors (Lipinski definition) is 3. The molecule has 0 radical (unpaired) electrons. The summed E-state index contributed by atoms with van der Waals surface area (Å²) in [6.45, 7) is 5.55. The second-order valence-electron chi connectivity index (χ2n) is 3.55. The molecule has 1 atom stereocenters. The Labute approximate surface area is 103 Å². The first kappa shape index (κ1) is 15.4. The lowest BCUT2D eigenvalue weighted by Gasteiger charge is -2.13. The van der Waals surface area contributed by atoms with Gasteiger partial charge < -0.3 is 16.2 Å². The van der Waals surface area contributed by atoms with E-state index in [1.807, 2.05) is 13.8 Å². The zero-order chi connectivity index (χ0) is 13.4. The van der Waals surface area contributed by atoms with Crippen molar-refractivity contribution in [3.05, 3.63) is 23.8 Å². The predicted molar refractivity (Wildman–Crippen MR) is 71.1 cm³/mol. The van der Waals surface area contributed by atoms with E-state index in [2.05, 4.69) is 5.32 Å². The van der Waals surface area contributed by atoms with Gasteiger partial charge in [0.2, 0.25) is 0 Å². The minimum absolute atomic E-state index is 0.0718. The molecule has 96 valence electrons. The summed E-state index contributed by atoms with van der Waals surface area (Å²) in [5.41, 5.74) is 6.83. The number of nitrogen functional groups attached to an aromatic ring is 1. The molecule has 0 aliphatic heterocycles. The summed E-state index contributed by atoms with van der Waals surface area (Å²) in [5, 5.41) is 12.2. The van der Waals surface area contributed by atoms with E-state index in [9.17, 15) is 9.90 Å². The molecule has 0 saturated carbocycles. The first-order chi connectivity index (χ1) is 8.04. The Morgan fingerprint density at radius 1 is 1.47 bits per heavy atom. The van der Waals surface area contributed by atoms with Crippen molar-refractivity contribution in [2.24, 2.45) is 0 Å². The Hall–Kier alpha value is -1.55. The second kappa shape index (κ2) is 7.68. The maximum Gasteiger partial charge on any atom is 0.147 e. The molecule has 0 spiro atoms. The van der Waals surface area contributed by atoms with Crippen LogP contribution in [-0.4, -0.2) is 24.0 Å². The van der Waals surface area contributed by atoms with E-state index in [0.29, 0.717) is 12.1 Å². The third-order valence-corrected chi connectivity index (χ3v) is 2.37. The molecule has 1 unspecified atom stereocenters. The van der Waals surface area contributed by atoms with Crippen LogP contribution in [0.3, 0.4) is 0 Å². The third kappa shape index (κ3) is 4.87. The molecule has 0 aliphatic rings. The van der Waals surface area contributed by atoms with Crippen LogP contribution in [0.2, 0.25) is 0 Å². The number of nitrogens with two attached hydrogens (primary N) is 1. The Balaban J connectivity index is 0.00000121. The van der Waals surface area contributed by atoms with Crippen LogP contribution in [-0.2, 0) is 11.2 Å². The largest absolute Gasteiger partial charge is 0.506 e. The number of aromatic hydroxyl groups is 1. The first-order valence-corrected chi connectivity index (χ1v) is 5.79. The highest BCUT2D eigenvalue weighted by Crippen LogP contribution is 2.21. The van der Waals surface area contributed by atoms with Gasteiger partial charge in [0.15, 0.2) is 0 Å². The second-order valence-corrected chi connectivity index (χ2v) is 3.55. The van der Waals surface area contributed by atoms with Gasteiger partial charge in [-0.1, -0.05) is 19.9 Å². The van der Waals surface area contributed by atoms with E-state index in [1.54, 1.807) is 26.1 Å². The SMILES string of the molecule is CC.CNC(Cc1ccc(O)c(N)c1)C(C)=O. The summed E-state index contributed by atoms with van der Waals surface area (Å²) in [7, 11) is 1.75. The lowest BCUT2D eigenvalue weighted by atomic mass is 10.0. The summed E-state index contributed by atoms with van der Waals surface area (Å²) >= 11 is 0. The van der Waals surface area contributed by atoms with Crippen LogP contribution in [0.25, 0.3) is 0 Å². The average Bonchev–Trinajstić information content (AvgIpc) is 2.32. The molecular formula is C13H22N2O2. The Kier molecular flexibility index (Phi) is 6.98. The molecule has 1 aromatic rings. The van der Waals surface area contributed by atoms with Gasteiger partial charge in [0.05, 0.1) is 11.7 Å². The Bertz CT molecular complexity index is 364. The smallest absolute Gasteiger partial charge is 0.147 e. The lowest BCUT2D eigenvalue weighted by molar-refractivity contribution is -0.118. The quantitative estimate of drug-likeness (QED) is 0.551. The summed E-state index contributed by atoms with van der Waals surface area (Å²) < 4.78 is 0. The number of carbonyl (C=O) groups is 1. The zero-order valence-corrected chi connectivity index (χ0v) is 10.9. The predicted octanol–water partition coefficient (Wildman–Crippen LogP) is 1.72. The Morgan fingerprint density at radius 2 is 2.06 bits per heavy atom. The van der Waals surface area contributed by atoms with E-state index < -0.39 is 0 Å². The van der Waals surface area contributed by atoms with Crippen LogP contribution in [0, 0.1) is 0 Å². The number of carbonyl (C=O) groups excluding carboxylic acids is 1. The van der Waals surface area contributed by atoms with Crippen molar-refractivity contribution in [3.8, 4) is 5.75 Å². The zero-order valence-electron chi connectivity index (χ0n) is 10.9. The average molecular weight is 238 g/mol. The molecule has 1 rings (SSSR count). The minimum atomic E-state index is -0.200. The number of Topliss-reactive ketones (excluding diaryl/α,β-unsaturated/α-hetero) is 1. The van der Waals surface area contributed by atoms with Crippen LogP contribution in [0.4, 0.5) is 5.69 Å². The molecule has 4 nitrogen and oxygen atoms in total. The molecule has 4 N–H and O–H groups in total. The highest BCUT2D eigenvalue weighted by Gasteiger charge is 2.12. The van der Waals surface area contributed by atoms with Crippen LogP contribution < -0.4 is 11.1 Å². The van der Waals surface area contributed by atoms with Gasteiger partial charge in [0, 0.05) is 0 Å². The number of ketones is 1. The molecule has 0 aliphatic carbocycles. The van der Waals surface area contributed by atoms with E-state index in [1.165, 1.54) is 6.07 Å². The number of phenols is 1. The van der Waals surface area contributed by atoms with Gasteiger partial charge in [-0.25, -0.2) is 0 Å². The van der Waals surface area contributed by atoms with Crippen molar-refractivity contribution in [2.45, 2.75) is 33.2 Å². The number of rotatable bonds is 4. The van der Waals surface area contributed by atoms with Gasteiger partial charge in [-0.05, 0) is 38.1 Å². The van der Waals surface area contributed by atoms with Crippen molar-refractivity contribution in [1.29, 1.82) is 0 Å². The van der Waals surface area contributed by atoms with Crippen molar-refractivity contribution < 1.29 is 9.90 Å². The molecule has 0 heterocycles. The van der Waals surface area contributed by atoms with Crippen molar-refractivity contribution in [3.63, 3.8) is 0 Å². The first-order valence-electron chi connectivity index (χ1n) is 5.79. The van der Waals surface area contributed by atoms with Crippen LogP contribution in [0.15, 0.2) is 18.2 Å². The van der Waals surface area contributed by atoms with Gasteiger partial charge in [-0.15, -0.1) is 0 Å². The number of nitrogens with one attached hydrogen (secondary N) is 1. The molecule has 0 fully saturated rings. The van der Waals surface area contributed by atoms with E-state index >= 15 is 0 Å². The number of phenolic OH excluding ortho intramolecular Hbond substituents is 1. The summed E-state index contributed by atoms with van der Waals surface area (Å²) in [5.74, 6) is 0.159. The summed E-state index contributed by atoms with van der Waals surface area (Å²) in [4.78, 5) is 11.2. The van der Waals surface area contributed by atoms with E-state index in [4.69, 9.17) is 5.73 Å². The van der Waals surface area contributed by atoms with Crippen LogP contribution in [0.5, 0.6) is 5.75 Å². The Morgan fingerprint density at radius 3 is 2.47 bits per heavy atom. The third-order valence-electron chi connectivity index (χ3n) is 2.37. The summed E-state index contributed by atoms with van der Waals surface area (Å²) in [6.07, 6.45) is 0.580. The van der Waals surface area contributed by atoms with Crippen molar-refractivity contribution in [1.82, 2.24) is 5.32 Å². The maximum atomic E-state index is 11.2. The molecule has 0 saturated heterocycles. The highest BCUT2D eigenvalue weighted by molar-refractivity contribution is 5.81. The normalized spacial score (nSPS) is 11.3. The molecule has 0 aromatic heterocycles. The fourth-order valence-electron chi connectivity index (χ4n) is 1.42.